The lowest BCUT2D eigenvalue weighted by atomic mass is 10.0. The van der Waals surface area contributed by atoms with Gasteiger partial charge in [0.15, 0.2) is 0 Å². The molecule has 0 aliphatic carbocycles. The molecule has 1 heterocycles. The maximum Gasteiger partial charge on any atom is 0.261 e. The molecule has 0 radical (unpaired) electrons. The minimum atomic E-state index is -3.77. The number of sulfonamides is 1. The van der Waals surface area contributed by atoms with E-state index < -0.39 is 10.0 Å². The number of hydrogen-bond donors (Lipinski definition) is 2. The van der Waals surface area contributed by atoms with Crippen molar-refractivity contribution in [2.24, 2.45) is 0 Å². The van der Waals surface area contributed by atoms with Gasteiger partial charge in [-0.25, -0.2) is 8.42 Å². The third-order valence-corrected chi connectivity index (χ3v) is 6.81. The minimum Gasteiger partial charge on any atom is -0.349 e. The number of piperidine rings is 1. The van der Waals surface area contributed by atoms with Gasteiger partial charge in [0.05, 0.1) is 4.90 Å². The first-order chi connectivity index (χ1) is 14.4. The summed E-state index contributed by atoms with van der Waals surface area (Å²) in [4.78, 5) is 15.2. The predicted octanol–water partition coefficient (Wildman–Crippen LogP) is 3.79. The molecule has 7 heteroatoms. The third-order valence-electron chi connectivity index (χ3n) is 5.43. The molecule has 0 spiro atoms. The molecule has 6 nitrogen and oxygen atoms in total. The molecule has 1 amide bonds. The molecule has 1 fully saturated rings. The first-order valence-electron chi connectivity index (χ1n) is 10.6. The van der Waals surface area contributed by atoms with Gasteiger partial charge in [-0.3, -0.25) is 9.52 Å². The quantitative estimate of drug-likeness (QED) is 0.669. The molecule has 2 N–H and O–H groups in total. The highest BCUT2D eigenvalue weighted by atomic mass is 32.2. The molecule has 0 aromatic heterocycles. The van der Waals surface area contributed by atoms with Crippen LogP contribution < -0.4 is 10.0 Å². The van der Waals surface area contributed by atoms with Gasteiger partial charge in [0.1, 0.15) is 0 Å². The molecule has 1 saturated heterocycles. The largest absolute Gasteiger partial charge is 0.349 e. The van der Waals surface area contributed by atoms with Crippen molar-refractivity contribution in [3.8, 4) is 0 Å². The number of hydrogen-bond acceptors (Lipinski definition) is 4. The molecular formula is C23H31N3O3S. The Morgan fingerprint density at radius 1 is 1.10 bits per heavy atom. The molecule has 1 aliphatic rings. The standard InChI is InChI=1S/C23H31N3O3S/c1-3-4-13-26-14-11-20(12-15-26)24-23(27)19-8-6-10-22(17-19)30(28,29)25-21-9-5-7-18(2)16-21/h5-10,16-17,20,25H,3-4,11-15H2,1-2H3,(H,24,27). The molecule has 0 unspecified atom stereocenters. The maximum atomic E-state index is 12.8. The second-order valence-corrected chi connectivity index (χ2v) is 9.63. The van der Waals surface area contributed by atoms with Crippen LogP contribution in [0.25, 0.3) is 0 Å². The van der Waals surface area contributed by atoms with Crippen molar-refractivity contribution in [2.45, 2.75) is 50.5 Å². The maximum absolute atomic E-state index is 12.8. The molecule has 30 heavy (non-hydrogen) atoms. The summed E-state index contributed by atoms with van der Waals surface area (Å²) in [6.07, 6.45) is 4.23. The Kier molecular flexibility index (Phi) is 7.50. The van der Waals surface area contributed by atoms with E-state index in [9.17, 15) is 13.2 Å². The van der Waals surface area contributed by atoms with E-state index in [0.717, 1.165) is 38.0 Å². The number of anilines is 1. The number of unbranched alkanes of at least 4 members (excludes halogenated alkanes) is 1. The number of carbonyl (C=O) groups excluding carboxylic acids is 1. The lowest BCUT2D eigenvalue weighted by Gasteiger charge is -2.32. The highest BCUT2D eigenvalue weighted by Crippen LogP contribution is 2.19. The molecule has 1 aliphatic heterocycles. The van der Waals surface area contributed by atoms with Crippen molar-refractivity contribution in [1.82, 2.24) is 10.2 Å². The molecular weight excluding hydrogens is 398 g/mol. The molecule has 162 valence electrons. The van der Waals surface area contributed by atoms with E-state index in [1.807, 2.05) is 13.0 Å². The van der Waals surface area contributed by atoms with E-state index >= 15 is 0 Å². The van der Waals surface area contributed by atoms with E-state index in [-0.39, 0.29) is 16.8 Å². The normalized spacial score (nSPS) is 15.7. The van der Waals surface area contributed by atoms with E-state index in [1.165, 1.54) is 25.0 Å². The van der Waals surface area contributed by atoms with Gasteiger partial charge < -0.3 is 10.2 Å². The number of carbonyl (C=O) groups is 1. The van der Waals surface area contributed by atoms with Gasteiger partial charge >= 0.3 is 0 Å². The summed E-state index contributed by atoms with van der Waals surface area (Å²) in [6, 6.07) is 13.5. The van der Waals surface area contributed by atoms with Crippen LogP contribution in [0, 0.1) is 6.92 Å². The topological polar surface area (TPSA) is 78.5 Å². The zero-order valence-corrected chi connectivity index (χ0v) is 18.5. The van der Waals surface area contributed by atoms with Gasteiger partial charge in [0.25, 0.3) is 15.9 Å². The number of aryl methyl sites for hydroxylation is 1. The molecule has 2 aromatic carbocycles. The van der Waals surface area contributed by atoms with Gasteiger partial charge in [-0.2, -0.15) is 0 Å². The highest BCUT2D eigenvalue weighted by molar-refractivity contribution is 7.92. The van der Waals surface area contributed by atoms with E-state index in [2.05, 4.69) is 21.9 Å². The van der Waals surface area contributed by atoms with Crippen LogP contribution >= 0.6 is 0 Å². The Morgan fingerprint density at radius 3 is 2.53 bits per heavy atom. The van der Waals surface area contributed by atoms with Crippen molar-refractivity contribution in [3.63, 3.8) is 0 Å². The summed E-state index contributed by atoms with van der Waals surface area (Å²) in [6.45, 7) is 7.18. The van der Waals surface area contributed by atoms with E-state index in [0.29, 0.717) is 11.3 Å². The van der Waals surface area contributed by atoms with Crippen LogP contribution in [0.1, 0.15) is 48.5 Å². The van der Waals surface area contributed by atoms with Crippen LogP contribution in [0.15, 0.2) is 53.4 Å². The van der Waals surface area contributed by atoms with Crippen molar-refractivity contribution in [3.05, 3.63) is 59.7 Å². The fourth-order valence-corrected chi connectivity index (χ4v) is 4.77. The Labute approximate surface area is 179 Å². The molecule has 0 bridgehead atoms. The summed E-state index contributed by atoms with van der Waals surface area (Å²) < 4.78 is 28.1. The number of nitrogens with zero attached hydrogens (tertiary/aromatic N) is 1. The Balaban J connectivity index is 1.62. The van der Waals surface area contributed by atoms with Crippen LogP contribution in [0.2, 0.25) is 0 Å². The van der Waals surface area contributed by atoms with Crippen LogP contribution in [0.5, 0.6) is 0 Å². The van der Waals surface area contributed by atoms with Gasteiger partial charge in [-0.1, -0.05) is 31.5 Å². The minimum absolute atomic E-state index is 0.0750. The highest BCUT2D eigenvalue weighted by Gasteiger charge is 2.22. The van der Waals surface area contributed by atoms with Gasteiger partial charge in [-0.05, 0) is 68.6 Å². The van der Waals surface area contributed by atoms with Crippen molar-refractivity contribution in [2.75, 3.05) is 24.4 Å². The summed E-state index contributed by atoms with van der Waals surface area (Å²) in [5.41, 5.74) is 1.82. The Morgan fingerprint density at radius 2 is 1.83 bits per heavy atom. The monoisotopic (exact) mass is 429 g/mol. The Hall–Kier alpha value is -2.38. The molecule has 3 rings (SSSR count). The van der Waals surface area contributed by atoms with Crippen LogP contribution in [0.3, 0.4) is 0 Å². The fraction of sp³-hybridized carbons (Fsp3) is 0.435. The average molecular weight is 430 g/mol. The average Bonchev–Trinajstić information content (AvgIpc) is 2.73. The first kappa shape index (κ1) is 22.3. The van der Waals surface area contributed by atoms with E-state index in [4.69, 9.17) is 0 Å². The van der Waals surface area contributed by atoms with Gasteiger partial charge in [0, 0.05) is 30.4 Å². The summed E-state index contributed by atoms with van der Waals surface area (Å²) in [7, 11) is -3.77. The van der Waals surface area contributed by atoms with E-state index in [1.54, 1.807) is 30.3 Å². The second-order valence-electron chi connectivity index (χ2n) is 7.95. The molecule has 0 atom stereocenters. The van der Waals surface area contributed by atoms with Crippen LogP contribution in [-0.4, -0.2) is 44.9 Å². The number of amides is 1. The molecule has 0 saturated carbocycles. The van der Waals surface area contributed by atoms with Crippen LogP contribution in [0.4, 0.5) is 5.69 Å². The van der Waals surface area contributed by atoms with Crippen molar-refractivity contribution in [1.29, 1.82) is 0 Å². The second kappa shape index (κ2) is 10.1. The number of rotatable bonds is 8. The summed E-state index contributed by atoms with van der Waals surface area (Å²) >= 11 is 0. The summed E-state index contributed by atoms with van der Waals surface area (Å²) in [5, 5.41) is 3.07. The smallest absolute Gasteiger partial charge is 0.261 e. The van der Waals surface area contributed by atoms with Crippen molar-refractivity contribution >= 4 is 21.6 Å². The predicted molar refractivity (Wildman–Crippen MR) is 120 cm³/mol. The lowest BCUT2D eigenvalue weighted by Crippen LogP contribution is -2.44. The van der Waals surface area contributed by atoms with Gasteiger partial charge in [0.2, 0.25) is 0 Å². The first-order valence-corrected chi connectivity index (χ1v) is 12.1. The lowest BCUT2D eigenvalue weighted by molar-refractivity contribution is 0.0910. The summed E-state index contributed by atoms with van der Waals surface area (Å²) in [5.74, 6) is -0.227. The van der Waals surface area contributed by atoms with Crippen LogP contribution in [-0.2, 0) is 10.0 Å². The zero-order chi connectivity index (χ0) is 21.6. The fourth-order valence-electron chi connectivity index (χ4n) is 3.68. The number of nitrogens with one attached hydrogen (secondary N) is 2. The number of likely N-dealkylation sites (tertiary alicyclic amines) is 1. The third kappa shape index (κ3) is 6.06. The SMILES string of the molecule is CCCCN1CCC(NC(=O)c2cccc(S(=O)(=O)Nc3cccc(C)c3)c2)CC1. The zero-order valence-electron chi connectivity index (χ0n) is 17.7. The molecule has 2 aromatic rings. The number of benzene rings is 2. The van der Waals surface area contributed by atoms with Crippen molar-refractivity contribution < 1.29 is 13.2 Å². The van der Waals surface area contributed by atoms with Gasteiger partial charge in [-0.15, -0.1) is 0 Å². The Bertz CT molecular complexity index is 967.